The molecule has 0 aliphatic rings. The maximum absolute atomic E-state index is 8.79. The molecular formula is C69H71IrN3OSi-2. The van der Waals surface area contributed by atoms with Crippen LogP contribution in [0.15, 0.2) is 150 Å². The van der Waals surface area contributed by atoms with Crippen molar-refractivity contribution < 1.29 is 32.7 Å². The summed E-state index contributed by atoms with van der Waals surface area (Å²) < 4.78 is 57.4. The van der Waals surface area contributed by atoms with Gasteiger partial charge in [0.15, 0.2) is 0 Å². The van der Waals surface area contributed by atoms with E-state index in [0.29, 0.717) is 33.6 Å². The largest absolute Gasteiger partial charge is 0.501 e. The Morgan fingerprint density at radius 2 is 1.33 bits per heavy atom. The SMILES string of the molecule is [2H]C([2H])([2H])c1c[c-]c(-c2ccc([Si](C)(C)C)cn2)cc1.[2H]C([2H])([2H])c1cccc2nc(-c3[c-]ccc4c3oc3cc5c(ccc6ccccc65)cc34)n(-c3c(C(C)C)cc(-c4cc(C(C)(C)C)cc(C(C)(C)C)c4)cc3C(C)C)c12.[Ir]. The number of hydrogen-bond acceptors (Lipinski definition) is 3. The first-order valence-electron chi connectivity index (χ1n) is 29.0. The van der Waals surface area contributed by atoms with E-state index in [1.165, 1.54) is 38.7 Å². The molecule has 0 aliphatic carbocycles. The first kappa shape index (κ1) is 45.9. The first-order chi connectivity index (χ1) is 37.5. The molecule has 4 nitrogen and oxygen atoms in total. The summed E-state index contributed by atoms with van der Waals surface area (Å²) in [6.07, 6.45) is 1.92. The number of hydrogen-bond donors (Lipinski definition) is 0. The third kappa shape index (κ3) is 10.3. The summed E-state index contributed by atoms with van der Waals surface area (Å²) >= 11 is 0. The van der Waals surface area contributed by atoms with E-state index in [0.717, 1.165) is 60.8 Å². The number of pyridine rings is 1. The van der Waals surface area contributed by atoms with Crippen molar-refractivity contribution in [2.24, 2.45) is 0 Å². The molecule has 0 amide bonds. The van der Waals surface area contributed by atoms with Crippen LogP contribution >= 0.6 is 0 Å². The van der Waals surface area contributed by atoms with Gasteiger partial charge < -0.3 is 14.0 Å². The molecule has 3 heterocycles. The normalized spacial score (nSPS) is 13.9. The summed E-state index contributed by atoms with van der Waals surface area (Å²) in [5, 5.41) is 7.90. The molecule has 0 atom stereocenters. The van der Waals surface area contributed by atoms with Gasteiger partial charge in [-0.2, -0.15) is 0 Å². The number of nitrogens with zero attached hydrogens (tertiary/aromatic N) is 3. The number of aryl methyl sites for hydroxylation is 2. The van der Waals surface area contributed by atoms with E-state index < -0.39 is 21.8 Å². The van der Waals surface area contributed by atoms with Crippen LogP contribution in [0.4, 0.5) is 0 Å². The van der Waals surface area contributed by atoms with Crippen LogP contribution in [0.2, 0.25) is 19.6 Å². The molecule has 0 bridgehead atoms. The van der Waals surface area contributed by atoms with Crippen LogP contribution in [0.3, 0.4) is 0 Å². The topological polar surface area (TPSA) is 43.9 Å². The van der Waals surface area contributed by atoms with E-state index in [4.69, 9.17) is 17.6 Å². The van der Waals surface area contributed by atoms with Gasteiger partial charge in [0.1, 0.15) is 5.58 Å². The van der Waals surface area contributed by atoms with Gasteiger partial charge in [-0.25, -0.2) is 0 Å². The van der Waals surface area contributed by atoms with Crippen LogP contribution < -0.4 is 5.19 Å². The zero-order valence-corrected chi connectivity index (χ0v) is 49.0. The summed E-state index contributed by atoms with van der Waals surface area (Å²) in [7, 11) is -1.34. The molecule has 75 heavy (non-hydrogen) atoms. The quantitative estimate of drug-likeness (QED) is 0.0907. The molecule has 383 valence electrons. The van der Waals surface area contributed by atoms with Crippen LogP contribution in [0.1, 0.15) is 123 Å². The van der Waals surface area contributed by atoms with Crippen LogP contribution in [-0.4, -0.2) is 22.6 Å². The van der Waals surface area contributed by atoms with Crippen molar-refractivity contribution in [3.63, 3.8) is 0 Å². The van der Waals surface area contributed by atoms with Gasteiger partial charge in [-0.1, -0.05) is 186 Å². The first-order valence-corrected chi connectivity index (χ1v) is 29.5. The zero-order valence-electron chi connectivity index (χ0n) is 51.6. The van der Waals surface area contributed by atoms with Crippen molar-refractivity contribution in [3.8, 4) is 39.5 Å². The van der Waals surface area contributed by atoms with Gasteiger partial charge in [-0.3, -0.25) is 4.98 Å². The Labute approximate surface area is 468 Å². The van der Waals surface area contributed by atoms with Gasteiger partial charge in [-0.15, -0.1) is 53.6 Å². The fraction of sp³-hybridized carbons (Fsp3) is 0.275. The smallest absolute Gasteiger partial charge is 0.121 e. The Hall–Kier alpha value is -6.43. The Balaban J connectivity index is 0.000000319. The van der Waals surface area contributed by atoms with Crippen LogP contribution in [0.5, 0.6) is 0 Å². The van der Waals surface area contributed by atoms with Crippen LogP contribution in [0, 0.1) is 25.8 Å². The number of fused-ring (bicyclic) bond motifs is 7. The van der Waals surface area contributed by atoms with Crippen molar-refractivity contribution in [3.05, 3.63) is 191 Å². The van der Waals surface area contributed by atoms with Crippen LogP contribution in [0.25, 0.3) is 94.0 Å². The van der Waals surface area contributed by atoms with E-state index in [1.54, 1.807) is 24.3 Å². The molecular weight excluding hydrogens is 1110 g/mol. The average molecular weight is 1180 g/mol. The minimum Gasteiger partial charge on any atom is -0.501 e. The molecule has 11 aromatic rings. The maximum Gasteiger partial charge on any atom is 0.121 e. The Kier molecular flexibility index (Phi) is 12.4. The predicted molar refractivity (Wildman–Crippen MR) is 320 cm³/mol. The Morgan fingerprint density at radius 1 is 0.640 bits per heavy atom. The number of imidazole rings is 1. The van der Waals surface area contributed by atoms with Gasteiger partial charge in [0.2, 0.25) is 0 Å². The summed E-state index contributed by atoms with van der Waals surface area (Å²) in [5.74, 6) is 0.773. The van der Waals surface area contributed by atoms with Gasteiger partial charge in [0.25, 0.3) is 0 Å². The summed E-state index contributed by atoms with van der Waals surface area (Å²) in [4.78, 5) is 9.80. The van der Waals surface area contributed by atoms with E-state index in [-0.39, 0.29) is 48.3 Å². The molecule has 3 aromatic heterocycles. The van der Waals surface area contributed by atoms with Gasteiger partial charge in [0, 0.05) is 45.6 Å². The van der Waals surface area contributed by atoms with E-state index in [2.05, 4.69) is 202 Å². The maximum atomic E-state index is 8.79. The second kappa shape index (κ2) is 20.3. The molecule has 8 aromatic carbocycles. The molecule has 0 saturated heterocycles. The van der Waals surface area contributed by atoms with Gasteiger partial charge >= 0.3 is 0 Å². The predicted octanol–water partition coefficient (Wildman–Crippen LogP) is 18.9. The third-order valence-electron chi connectivity index (χ3n) is 14.5. The number of para-hydroxylation sites is 1. The van der Waals surface area contributed by atoms with Gasteiger partial charge in [0.05, 0.1) is 30.5 Å². The number of benzene rings is 8. The molecule has 0 saturated carbocycles. The standard InChI is InChI=1S/C54H53N2O.C15H18NSi.Ir/c1-31(2)43-27-37(36-24-38(53(6,7)8)29-39(25-36)54(9,10)11)28-44(32(3)4)50(43)56-49-33(5)16-14-21-47(49)55-52(56)42-20-15-19-41-46-26-35-23-22-34-17-12-13-18-40(34)45(35)30-48(46)57-51(41)42;1-12-5-7-13(8-6-12)15-10-9-14(11-16-15)17(2,3)4;/h12-19,21-32H,1-11H3;5-7,9-11H,1-4H3;/q2*-1;/i5D3;1D3;. The molecule has 0 aliphatic heterocycles. The Bertz CT molecular complexity index is 4030. The monoisotopic (exact) mass is 1180 g/mol. The van der Waals surface area contributed by atoms with Crippen LogP contribution in [-0.2, 0) is 30.9 Å². The number of aromatic nitrogens is 3. The summed E-state index contributed by atoms with van der Waals surface area (Å²) in [6.45, 7) is 24.9. The van der Waals surface area contributed by atoms with Crippen molar-refractivity contribution >= 4 is 67.8 Å². The molecule has 0 unspecified atom stereocenters. The fourth-order valence-electron chi connectivity index (χ4n) is 10.1. The minimum atomic E-state index is -2.39. The molecule has 0 spiro atoms. The zero-order chi connectivity index (χ0) is 57.6. The number of rotatable bonds is 7. The second-order valence-corrected chi connectivity index (χ2v) is 28.9. The molecule has 0 N–H and O–H groups in total. The molecule has 6 heteroatoms. The third-order valence-corrected chi connectivity index (χ3v) is 16.6. The molecule has 11 rings (SSSR count). The number of furan rings is 1. The van der Waals surface area contributed by atoms with Crippen molar-refractivity contribution in [2.45, 2.75) is 125 Å². The average Bonchev–Trinajstić information content (AvgIpc) is 4.07. The van der Waals surface area contributed by atoms with Gasteiger partial charge in [-0.05, 0) is 131 Å². The van der Waals surface area contributed by atoms with Crippen molar-refractivity contribution in [2.75, 3.05) is 0 Å². The van der Waals surface area contributed by atoms with Crippen molar-refractivity contribution in [1.29, 1.82) is 0 Å². The van der Waals surface area contributed by atoms with E-state index in [9.17, 15) is 0 Å². The summed E-state index contributed by atoms with van der Waals surface area (Å²) in [5.41, 5.74) is 13.6. The molecule has 0 fully saturated rings. The van der Waals surface area contributed by atoms with E-state index >= 15 is 0 Å². The summed E-state index contributed by atoms with van der Waals surface area (Å²) in [6, 6.07) is 53.9. The Morgan fingerprint density at radius 3 is 1.95 bits per heavy atom. The molecule has 1 radical (unpaired) electrons. The second-order valence-electron chi connectivity index (χ2n) is 23.8. The minimum absolute atomic E-state index is 0. The van der Waals surface area contributed by atoms with E-state index in [1.807, 2.05) is 24.4 Å². The van der Waals surface area contributed by atoms with Crippen molar-refractivity contribution in [1.82, 2.24) is 14.5 Å². The fourth-order valence-corrected chi connectivity index (χ4v) is 11.2.